The van der Waals surface area contributed by atoms with Crippen molar-refractivity contribution in [1.29, 1.82) is 0 Å². The van der Waals surface area contributed by atoms with Gasteiger partial charge in [-0.2, -0.15) is 0 Å². The van der Waals surface area contributed by atoms with E-state index in [2.05, 4.69) is 10.3 Å². The van der Waals surface area contributed by atoms with Crippen molar-refractivity contribution in [3.8, 4) is 0 Å². The van der Waals surface area contributed by atoms with E-state index in [1.54, 1.807) is 6.92 Å². The molecule has 5 heteroatoms. The molecule has 1 aliphatic rings. The number of esters is 1. The van der Waals surface area contributed by atoms with E-state index < -0.39 is 0 Å². The van der Waals surface area contributed by atoms with Crippen LogP contribution in [0.2, 0.25) is 0 Å². The molecular formula is C9H13N3O2. The summed E-state index contributed by atoms with van der Waals surface area (Å²) in [6, 6.07) is 0.450. The van der Waals surface area contributed by atoms with Gasteiger partial charge in [0.1, 0.15) is 0 Å². The minimum Gasteiger partial charge on any atom is -0.461 e. The third-order valence-electron chi connectivity index (χ3n) is 2.29. The second-order valence-corrected chi connectivity index (χ2v) is 3.42. The number of carbonyl (C=O) groups excluding carboxylic acids is 1. The first-order valence-electron chi connectivity index (χ1n) is 4.83. The zero-order valence-corrected chi connectivity index (χ0v) is 8.36. The third kappa shape index (κ3) is 1.49. The molecule has 0 unspecified atom stereocenters. The zero-order valence-electron chi connectivity index (χ0n) is 8.36. The number of nitrogens with zero attached hydrogens (tertiary/aromatic N) is 3. The van der Waals surface area contributed by atoms with Gasteiger partial charge in [0, 0.05) is 0 Å². The number of ether oxygens (including phenoxy) is 1. The summed E-state index contributed by atoms with van der Waals surface area (Å²) in [5.74, 6) is -0.378. The quantitative estimate of drug-likeness (QED) is 0.677. The first-order valence-corrected chi connectivity index (χ1v) is 4.83. The Labute approximate surface area is 82.1 Å². The van der Waals surface area contributed by atoms with Crippen molar-refractivity contribution in [2.45, 2.75) is 32.7 Å². The van der Waals surface area contributed by atoms with Gasteiger partial charge >= 0.3 is 5.97 Å². The molecule has 1 aromatic heterocycles. The molecule has 0 atom stereocenters. The fraction of sp³-hybridized carbons (Fsp3) is 0.667. The molecular weight excluding hydrogens is 182 g/mol. The monoisotopic (exact) mass is 195 g/mol. The van der Waals surface area contributed by atoms with E-state index in [-0.39, 0.29) is 5.97 Å². The SMILES string of the molecule is CCOC(=O)c1nnn(C2CC2)c1C. The lowest BCUT2D eigenvalue weighted by Crippen LogP contribution is -2.07. The molecule has 1 saturated carbocycles. The lowest BCUT2D eigenvalue weighted by Gasteiger charge is -2.00. The molecule has 0 saturated heterocycles. The summed E-state index contributed by atoms with van der Waals surface area (Å²) in [6.07, 6.45) is 2.26. The molecule has 2 rings (SSSR count). The van der Waals surface area contributed by atoms with Crippen LogP contribution in [0.1, 0.15) is 42.0 Å². The van der Waals surface area contributed by atoms with Crippen LogP contribution in [-0.4, -0.2) is 27.6 Å². The van der Waals surface area contributed by atoms with E-state index in [9.17, 15) is 4.79 Å². The van der Waals surface area contributed by atoms with Gasteiger partial charge in [-0.3, -0.25) is 0 Å². The minimum absolute atomic E-state index is 0.346. The van der Waals surface area contributed by atoms with Crippen LogP contribution in [-0.2, 0) is 4.74 Å². The molecule has 1 aliphatic carbocycles. The van der Waals surface area contributed by atoms with Crippen LogP contribution in [0.3, 0.4) is 0 Å². The number of aromatic nitrogens is 3. The molecule has 1 heterocycles. The van der Waals surface area contributed by atoms with Gasteiger partial charge in [0.25, 0.3) is 0 Å². The van der Waals surface area contributed by atoms with E-state index in [0.717, 1.165) is 18.5 Å². The number of hydrogen-bond donors (Lipinski definition) is 0. The lowest BCUT2D eigenvalue weighted by atomic mass is 10.3. The predicted octanol–water partition coefficient (Wildman–Crippen LogP) is 1.10. The Morgan fingerprint density at radius 2 is 2.36 bits per heavy atom. The summed E-state index contributed by atoms with van der Waals surface area (Å²) >= 11 is 0. The van der Waals surface area contributed by atoms with Crippen LogP contribution in [0.4, 0.5) is 0 Å². The molecule has 76 valence electrons. The second-order valence-electron chi connectivity index (χ2n) is 3.42. The summed E-state index contributed by atoms with van der Waals surface area (Å²) < 4.78 is 6.68. The lowest BCUT2D eigenvalue weighted by molar-refractivity contribution is 0.0518. The molecule has 1 aromatic rings. The second kappa shape index (κ2) is 3.40. The molecule has 1 fully saturated rings. The van der Waals surface area contributed by atoms with Crippen LogP contribution in [0.25, 0.3) is 0 Å². The molecule has 14 heavy (non-hydrogen) atoms. The summed E-state index contributed by atoms with van der Waals surface area (Å²) in [4.78, 5) is 11.4. The van der Waals surface area contributed by atoms with Crippen LogP contribution in [0.5, 0.6) is 0 Å². The van der Waals surface area contributed by atoms with Crippen molar-refractivity contribution in [2.75, 3.05) is 6.61 Å². The van der Waals surface area contributed by atoms with E-state index in [1.807, 2.05) is 11.6 Å². The van der Waals surface area contributed by atoms with Crippen molar-refractivity contribution in [3.05, 3.63) is 11.4 Å². The highest BCUT2D eigenvalue weighted by Gasteiger charge is 2.29. The maximum absolute atomic E-state index is 11.4. The van der Waals surface area contributed by atoms with Crippen LogP contribution < -0.4 is 0 Å². The van der Waals surface area contributed by atoms with Crippen molar-refractivity contribution in [1.82, 2.24) is 15.0 Å². The van der Waals surface area contributed by atoms with E-state index in [4.69, 9.17) is 4.74 Å². The number of rotatable bonds is 3. The van der Waals surface area contributed by atoms with Gasteiger partial charge in [-0.1, -0.05) is 5.21 Å². The largest absolute Gasteiger partial charge is 0.461 e. The summed E-state index contributed by atoms with van der Waals surface area (Å²) in [7, 11) is 0. The van der Waals surface area contributed by atoms with Gasteiger partial charge in [-0.05, 0) is 26.7 Å². The maximum atomic E-state index is 11.4. The molecule has 0 N–H and O–H groups in total. The van der Waals surface area contributed by atoms with E-state index in [1.165, 1.54) is 0 Å². The van der Waals surface area contributed by atoms with Crippen molar-refractivity contribution >= 4 is 5.97 Å². The highest BCUT2D eigenvalue weighted by molar-refractivity contribution is 5.88. The Bertz CT molecular complexity index is 355. The Hall–Kier alpha value is -1.39. The van der Waals surface area contributed by atoms with Crippen molar-refractivity contribution in [3.63, 3.8) is 0 Å². The van der Waals surface area contributed by atoms with Crippen LogP contribution in [0.15, 0.2) is 0 Å². The summed E-state index contributed by atoms with van der Waals surface area (Å²) in [5.41, 5.74) is 1.16. The Balaban J connectivity index is 2.21. The molecule has 0 bridgehead atoms. The first kappa shape index (κ1) is 9.18. The van der Waals surface area contributed by atoms with E-state index in [0.29, 0.717) is 18.3 Å². The summed E-state index contributed by atoms with van der Waals surface area (Å²) in [5, 5.41) is 7.78. The normalized spacial score (nSPS) is 15.6. The maximum Gasteiger partial charge on any atom is 0.360 e. The van der Waals surface area contributed by atoms with Gasteiger partial charge in [-0.25, -0.2) is 9.48 Å². The average molecular weight is 195 g/mol. The first-order chi connectivity index (χ1) is 6.74. The van der Waals surface area contributed by atoms with Crippen molar-refractivity contribution < 1.29 is 9.53 Å². The highest BCUT2D eigenvalue weighted by Crippen LogP contribution is 2.35. The Kier molecular flexibility index (Phi) is 2.23. The average Bonchev–Trinajstić information content (AvgIpc) is 2.91. The van der Waals surface area contributed by atoms with Crippen LogP contribution in [0, 0.1) is 6.92 Å². The van der Waals surface area contributed by atoms with Gasteiger partial charge in [0.05, 0.1) is 18.3 Å². The summed E-state index contributed by atoms with van der Waals surface area (Å²) in [6.45, 7) is 4.00. The minimum atomic E-state index is -0.378. The van der Waals surface area contributed by atoms with Gasteiger partial charge in [0.15, 0.2) is 5.69 Å². The Morgan fingerprint density at radius 3 is 2.93 bits per heavy atom. The molecule has 0 spiro atoms. The smallest absolute Gasteiger partial charge is 0.360 e. The van der Waals surface area contributed by atoms with Crippen molar-refractivity contribution in [2.24, 2.45) is 0 Å². The third-order valence-corrected chi connectivity index (χ3v) is 2.29. The van der Waals surface area contributed by atoms with Gasteiger partial charge in [-0.15, -0.1) is 5.10 Å². The molecule has 0 amide bonds. The standard InChI is InChI=1S/C9H13N3O2/c1-3-14-9(13)8-6(2)12(11-10-8)7-4-5-7/h7H,3-5H2,1-2H3. The number of carbonyl (C=O) groups is 1. The number of hydrogen-bond acceptors (Lipinski definition) is 4. The molecule has 0 radical (unpaired) electrons. The van der Waals surface area contributed by atoms with E-state index >= 15 is 0 Å². The fourth-order valence-electron chi connectivity index (χ4n) is 1.39. The Morgan fingerprint density at radius 1 is 1.64 bits per heavy atom. The van der Waals surface area contributed by atoms with Gasteiger partial charge in [0.2, 0.25) is 0 Å². The van der Waals surface area contributed by atoms with Gasteiger partial charge < -0.3 is 4.74 Å². The highest BCUT2D eigenvalue weighted by atomic mass is 16.5. The molecule has 0 aliphatic heterocycles. The molecule has 5 nitrogen and oxygen atoms in total. The van der Waals surface area contributed by atoms with Crippen LogP contribution >= 0.6 is 0 Å². The fourth-order valence-corrected chi connectivity index (χ4v) is 1.39. The zero-order chi connectivity index (χ0) is 10.1. The topological polar surface area (TPSA) is 57.0 Å². The predicted molar refractivity (Wildman–Crippen MR) is 49.0 cm³/mol. The molecule has 0 aromatic carbocycles.